The lowest BCUT2D eigenvalue weighted by Crippen LogP contribution is -2.22. The van der Waals surface area contributed by atoms with Crippen molar-refractivity contribution in [2.75, 3.05) is 6.61 Å². The molecule has 0 radical (unpaired) electrons. The molecule has 0 aliphatic carbocycles. The van der Waals surface area contributed by atoms with Crippen LogP contribution in [-0.2, 0) is 9.53 Å². The first-order valence-electron chi connectivity index (χ1n) is 8.31. The summed E-state index contributed by atoms with van der Waals surface area (Å²) >= 11 is 1.32. The zero-order chi connectivity index (χ0) is 19.6. The van der Waals surface area contributed by atoms with Crippen LogP contribution in [0.3, 0.4) is 0 Å². The molecule has 3 rings (SSSR count). The van der Waals surface area contributed by atoms with Crippen molar-refractivity contribution in [1.29, 1.82) is 0 Å². The quantitative estimate of drug-likeness (QED) is 0.371. The molecule has 0 N–H and O–H groups in total. The van der Waals surface area contributed by atoms with E-state index in [0.717, 1.165) is 10.6 Å². The largest absolute Gasteiger partial charge is 0.451 e. The van der Waals surface area contributed by atoms with E-state index in [9.17, 15) is 14.4 Å². The summed E-state index contributed by atoms with van der Waals surface area (Å²) < 4.78 is 6.55. The average Bonchev–Trinajstić information content (AvgIpc) is 3.22. The fourth-order valence-corrected chi connectivity index (χ4v) is 3.54. The second-order valence-corrected chi connectivity index (χ2v) is 7.32. The van der Waals surface area contributed by atoms with Gasteiger partial charge in [-0.2, -0.15) is 5.10 Å². The Kier molecular flexibility index (Phi) is 5.32. The lowest BCUT2D eigenvalue weighted by atomic mass is 10.1. The van der Waals surface area contributed by atoms with Gasteiger partial charge in [0.05, 0.1) is 27.5 Å². The van der Waals surface area contributed by atoms with E-state index in [1.807, 2.05) is 43.3 Å². The van der Waals surface area contributed by atoms with Crippen molar-refractivity contribution in [3.63, 3.8) is 0 Å². The topological polar surface area (TPSA) is 78.3 Å². The number of ketones is 2. The summed E-state index contributed by atoms with van der Waals surface area (Å²) in [4.78, 5) is 38.3. The Hall–Kier alpha value is -3.06. The van der Waals surface area contributed by atoms with Gasteiger partial charge >= 0.3 is 5.97 Å². The minimum Gasteiger partial charge on any atom is -0.451 e. The summed E-state index contributed by atoms with van der Waals surface area (Å²) in [6.07, 6.45) is 0. The van der Waals surface area contributed by atoms with Crippen LogP contribution < -0.4 is 0 Å². The van der Waals surface area contributed by atoms with E-state index in [1.54, 1.807) is 24.6 Å². The Labute approximate surface area is 160 Å². The van der Waals surface area contributed by atoms with E-state index in [0.29, 0.717) is 16.3 Å². The maximum absolute atomic E-state index is 12.5. The first kappa shape index (κ1) is 18.7. The number of benzene rings is 1. The Morgan fingerprint density at radius 1 is 1.04 bits per heavy atom. The second kappa shape index (κ2) is 7.67. The average molecular weight is 382 g/mol. The second-order valence-electron chi connectivity index (χ2n) is 6.03. The van der Waals surface area contributed by atoms with Crippen LogP contribution in [-0.4, -0.2) is 33.9 Å². The minimum absolute atomic E-state index is 0.197. The number of carbonyl (C=O) groups is 3. The molecule has 0 spiro atoms. The number of hydrogen-bond donors (Lipinski definition) is 0. The molecule has 0 aliphatic rings. The lowest BCUT2D eigenvalue weighted by molar-refractivity contribution is -0.137. The van der Waals surface area contributed by atoms with Crippen LogP contribution in [0.25, 0.3) is 5.69 Å². The van der Waals surface area contributed by atoms with Gasteiger partial charge in [0.15, 0.2) is 6.61 Å². The van der Waals surface area contributed by atoms with E-state index in [-0.39, 0.29) is 11.3 Å². The summed E-state index contributed by atoms with van der Waals surface area (Å²) in [5.74, 6) is -2.19. The number of nitrogens with zero attached hydrogens (tertiary/aromatic N) is 2. The van der Waals surface area contributed by atoms with Crippen LogP contribution in [0.2, 0.25) is 0 Å². The van der Waals surface area contributed by atoms with Gasteiger partial charge in [-0.15, -0.1) is 11.3 Å². The Balaban J connectivity index is 1.74. The molecular weight excluding hydrogens is 364 g/mol. The van der Waals surface area contributed by atoms with E-state index in [1.165, 1.54) is 11.3 Å². The van der Waals surface area contributed by atoms with Crippen LogP contribution >= 0.6 is 11.3 Å². The molecule has 0 unspecified atom stereocenters. The molecule has 0 aliphatic heterocycles. The van der Waals surface area contributed by atoms with Gasteiger partial charge in [0.2, 0.25) is 5.78 Å². The Morgan fingerprint density at radius 3 is 2.37 bits per heavy atom. The zero-order valence-corrected chi connectivity index (χ0v) is 16.0. The Morgan fingerprint density at radius 2 is 1.74 bits per heavy atom. The number of esters is 1. The van der Waals surface area contributed by atoms with Crippen molar-refractivity contribution in [3.8, 4) is 5.69 Å². The van der Waals surface area contributed by atoms with Crippen molar-refractivity contribution < 1.29 is 19.1 Å². The number of aromatic nitrogens is 2. The van der Waals surface area contributed by atoms with E-state index < -0.39 is 18.4 Å². The van der Waals surface area contributed by atoms with E-state index >= 15 is 0 Å². The van der Waals surface area contributed by atoms with Crippen LogP contribution in [0.5, 0.6) is 0 Å². The van der Waals surface area contributed by atoms with Crippen molar-refractivity contribution in [3.05, 3.63) is 69.2 Å². The van der Waals surface area contributed by atoms with Crippen molar-refractivity contribution in [2.45, 2.75) is 20.8 Å². The molecule has 2 heterocycles. The Bertz CT molecular complexity index is 1020. The van der Waals surface area contributed by atoms with Crippen molar-refractivity contribution >= 4 is 28.9 Å². The summed E-state index contributed by atoms with van der Waals surface area (Å²) in [6.45, 7) is 4.79. The van der Waals surface area contributed by atoms with Crippen LogP contribution in [0.15, 0.2) is 42.5 Å². The van der Waals surface area contributed by atoms with Gasteiger partial charge in [0.25, 0.3) is 5.78 Å². The molecule has 138 valence electrons. The fourth-order valence-electron chi connectivity index (χ4n) is 2.75. The highest BCUT2D eigenvalue weighted by molar-refractivity contribution is 7.14. The number of rotatable bonds is 6. The fraction of sp³-hybridized carbons (Fsp3) is 0.200. The van der Waals surface area contributed by atoms with Gasteiger partial charge in [0.1, 0.15) is 0 Å². The number of Topliss-reactive ketones (excluding diaryl/α,β-unsaturated/α-hetero) is 2. The maximum atomic E-state index is 12.5. The third-order valence-corrected chi connectivity index (χ3v) is 5.10. The molecule has 0 bridgehead atoms. The number of aryl methyl sites for hydroxylation is 2. The molecule has 6 nitrogen and oxygen atoms in total. The minimum atomic E-state index is -1.06. The van der Waals surface area contributed by atoms with Gasteiger partial charge in [0, 0.05) is 4.88 Å². The smallest absolute Gasteiger partial charge is 0.380 e. The summed E-state index contributed by atoms with van der Waals surface area (Å²) in [7, 11) is 0. The third kappa shape index (κ3) is 3.88. The van der Waals surface area contributed by atoms with Crippen LogP contribution in [0.4, 0.5) is 0 Å². The molecule has 2 aromatic heterocycles. The molecular formula is C20H18N2O4S. The van der Waals surface area contributed by atoms with Gasteiger partial charge < -0.3 is 4.74 Å². The third-order valence-electron chi connectivity index (χ3n) is 4.05. The predicted molar refractivity (Wildman–Crippen MR) is 102 cm³/mol. The summed E-state index contributed by atoms with van der Waals surface area (Å²) in [5, 5.41) is 4.35. The SMILES string of the molecule is Cc1ccc(C(=O)COC(=O)C(=O)c2c(C)nn(-c3ccccc3)c2C)s1. The molecule has 3 aromatic rings. The normalized spacial score (nSPS) is 10.6. The number of para-hydroxylation sites is 1. The molecule has 0 atom stereocenters. The van der Waals surface area contributed by atoms with Crippen LogP contribution in [0.1, 0.15) is 36.3 Å². The standard InChI is InChI=1S/C20H18N2O4S/c1-12-9-10-17(27-12)16(23)11-26-20(25)19(24)18-13(2)21-22(14(18)3)15-7-5-4-6-8-15/h4-10H,11H2,1-3H3. The molecule has 1 aromatic carbocycles. The lowest BCUT2D eigenvalue weighted by Gasteiger charge is -2.05. The highest BCUT2D eigenvalue weighted by atomic mass is 32.1. The predicted octanol–water partition coefficient (Wildman–Crippen LogP) is 3.47. The van der Waals surface area contributed by atoms with Gasteiger partial charge in [-0.25, -0.2) is 9.48 Å². The van der Waals surface area contributed by atoms with Gasteiger partial charge in [-0.05, 0) is 45.0 Å². The first-order chi connectivity index (χ1) is 12.9. The molecule has 27 heavy (non-hydrogen) atoms. The summed E-state index contributed by atoms with van der Waals surface area (Å²) in [6, 6.07) is 12.8. The number of thiophene rings is 1. The van der Waals surface area contributed by atoms with Gasteiger partial charge in [-0.1, -0.05) is 18.2 Å². The number of hydrogen-bond acceptors (Lipinski definition) is 6. The highest BCUT2D eigenvalue weighted by Crippen LogP contribution is 2.19. The van der Waals surface area contributed by atoms with Crippen molar-refractivity contribution in [1.82, 2.24) is 9.78 Å². The molecule has 0 saturated heterocycles. The van der Waals surface area contributed by atoms with E-state index in [4.69, 9.17) is 4.74 Å². The van der Waals surface area contributed by atoms with Crippen molar-refractivity contribution in [2.24, 2.45) is 0 Å². The van der Waals surface area contributed by atoms with Gasteiger partial charge in [-0.3, -0.25) is 9.59 Å². The molecule has 0 fully saturated rings. The van der Waals surface area contributed by atoms with Crippen LogP contribution in [0, 0.1) is 20.8 Å². The first-order valence-corrected chi connectivity index (χ1v) is 9.13. The zero-order valence-electron chi connectivity index (χ0n) is 15.2. The number of carbonyl (C=O) groups excluding carboxylic acids is 3. The number of ether oxygens (including phenoxy) is 1. The highest BCUT2D eigenvalue weighted by Gasteiger charge is 2.27. The monoisotopic (exact) mass is 382 g/mol. The molecule has 0 saturated carbocycles. The maximum Gasteiger partial charge on any atom is 0.380 e. The van der Waals surface area contributed by atoms with E-state index in [2.05, 4.69) is 5.10 Å². The summed E-state index contributed by atoms with van der Waals surface area (Å²) in [5.41, 5.74) is 1.95. The molecule has 0 amide bonds. The molecule has 7 heteroatoms.